The fraction of sp³-hybridized carbons (Fsp3) is 0.400. The van der Waals surface area contributed by atoms with Crippen LogP contribution in [0.2, 0.25) is 0 Å². The monoisotopic (exact) mass is 163 g/mol. The second kappa shape index (κ2) is 3.15. The van der Waals surface area contributed by atoms with Gasteiger partial charge in [-0.1, -0.05) is 18.2 Å². The summed E-state index contributed by atoms with van der Waals surface area (Å²) in [5.41, 5.74) is 1.26. The summed E-state index contributed by atoms with van der Waals surface area (Å²) in [6.45, 7) is 1.93. The van der Waals surface area contributed by atoms with Crippen molar-refractivity contribution < 1.29 is 4.74 Å². The Kier molecular flexibility index (Phi) is 2.00. The van der Waals surface area contributed by atoms with Crippen LogP contribution in [0, 0.1) is 0 Å². The first-order valence-electron chi connectivity index (χ1n) is 4.24. The lowest BCUT2D eigenvalue weighted by Crippen LogP contribution is -2.22. The van der Waals surface area contributed by atoms with Gasteiger partial charge in [-0.3, -0.25) is 0 Å². The average Bonchev–Trinajstić information content (AvgIpc) is 2.90. The van der Waals surface area contributed by atoms with E-state index in [9.17, 15) is 0 Å². The number of hydrogen-bond acceptors (Lipinski definition) is 2. The average molecular weight is 163 g/mol. The maximum absolute atomic E-state index is 5.16. The summed E-state index contributed by atoms with van der Waals surface area (Å²) in [6.07, 6.45) is 0.468. The van der Waals surface area contributed by atoms with E-state index in [-0.39, 0.29) is 0 Å². The Hall–Kier alpha value is -1.02. The van der Waals surface area contributed by atoms with Crippen LogP contribution in [0.25, 0.3) is 0 Å². The lowest BCUT2D eigenvalue weighted by molar-refractivity contribution is 0.410. The van der Waals surface area contributed by atoms with Gasteiger partial charge in [-0.15, -0.1) is 0 Å². The second-order valence-corrected chi connectivity index (χ2v) is 3.17. The molecule has 2 heteroatoms. The van der Waals surface area contributed by atoms with Crippen LogP contribution in [0.3, 0.4) is 0 Å². The summed E-state index contributed by atoms with van der Waals surface area (Å²) < 4.78 is 5.16. The lowest BCUT2D eigenvalue weighted by Gasteiger charge is -2.17. The molecule has 12 heavy (non-hydrogen) atoms. The van der Waals surface area contributed by atoms with Crippen molar-refractivity contribution in [3.63, 3.8) is 0 Å². The van der Waals surface area contributed by atoms with Crippen molar-refractivity contribution in [2.24, 2.45) is 0 Å². The number of ether oxygens (including phenoxy) is 1. The van der Waals surface area contributed by atoms with Gasteiger partial charge < -0.3 is 9.64 Å². The molecule has 1 saturated heterocycles. The van der Waals surface area contributed by atoms with Crippen molar-refractivity contribution in [1.29, 1.82) is 0 Å². The molecule has 0 N–H and O–H groups in total. The number of nitrogens with zero attached hydrogens (tertiary/aromatic N) is 1. The highest BCUT2D eigenvalue weighted by molar-refractivity contribution is 5.45. The van der Waals surface area contributed by atoms with Crippen LogP contribution < -0.4 is 4.90 Å². The minimum atomic E-state index is 0.468. The molecule has 0 amide bonds. The number of benzene rings is 1. The molecule has 0 bridgehead atoms. The third kappa shape index (κ3) is 1.77. The Balaban J connectivity index is 1.98. The number of epoxide rings is 1. The fourth-order valence-electron chi connectivity index (χ4n) is 1.27. The van der Waals surface area contributed by atoms with Gasteiger partial charge in [0, 0.05) is 19.3 Å². The molecule has 0 unspecified atom stereocenters. The summed E-state index contributed by atoms with van der Waals surface area (Å²) in [6, 6.07) is 10.4. The molecule has 1 atom stereocenters. The summed E-state index contributed by atoms with van der Waals surface area (Å²) in [7, 11) is 2.09. The van der Waals surface area contributed by atoms with Gasteiger partial charge in [0.25, 0.3) is 0 Å². The van der Waals surface area contributed by atoms with Crippen LogP contribution >= 0.6 is 0 Å². The second-order valence-electron chi connectivity index (χ2n) is 3.17. The topological polar surface area (TPSA) is 15.8 Å². The third-order valence-electron chi connectivity index (χ3n) is 2.08. The molecular formula is C10H13NO. The molecule has 1 fully saturated rings. The predicted molar refractivity (Wildman–Crippen MR) is 49.5 cm³/mol. The van der Waals surface area contributed by atoms with E-state index in [1.807, 2.05) is 6.07 Å². The van der Waals surface area contributed by atoms with E-state index in [4.69, 9.17) is 4.74 Å². The summed E-state index contributed by atoms with van der Waals surface area (Å²) in [5.74, 6) is 0. The van der Waals surface area contributed by atoms with Gasteiger partial charge >= 0.3 is 0 Å². The smallest absolute Gasteiger partial charge is 0.0984 e. The zero-order valence-electron chi connectivity index (χ0n) is 7.23. The first-order valence-corrected chi connectivity index (χ1v) is 4.24. The van der Waals surface area contributed by atoms with Gasteiger partial charge in [-0.2, -0.15) is 0 Å². The van der Waals surface area contributed by atoms with Gasteiger partial charge in [0.2, 0.25) is 0 Å². The van der Waals surface area contributed by atoms with Crippen molar-refractivity contribution in [3.8, 4) is 0 Å². The van der Waals surface area contributed by atoms with Gasteiger partial charge in [-0.25, -0.2) is 0 Å². The summed E-state index contributed by atoms with van der Waals surface area (Å²) in [4.78, 5) is 2.22. The number of hydrogen-bond donors (Lipinski definition) is 0. The van der Waals surface area contributed by atoms with Crippen LogP contribution in [-0.4, -0.2) is 26.3 Å². The standard InChI is InChI=1S/C10H13NO/c1-11(7-10-8-12-10)9-5-3-2-4-6-9/h2-6,10H,7-8H2,1H3/t10-/m1/s1. The highest BCUT2D eigenvalue weighted by Crippen LogP contribution is 2.16. The number of para-hydroxylation sites is 1. The van der Waals surface area contributed by atoms with Gasteiger partial charge in [-0.05, 0) is 12.1 Å². The van der Waals surface area contributed by atoms with Crippen LogP contribution in [0.5, 0.6) is 0 Å². The van der Waals surface area contributed by atoms with Crippen LogP contribution in [-0.2, 0) is 4.74 Å². The Morgan fingerprint density at radius 3 is 2.67 bits per heavy atom. The molecule has 2 rings (SSSR count). The molecule has 2 nitrogen and oxygen atoms in total. The molecule has 0 spiro atoms. The van der Waals surface area contributed by atoms with Crippen molar-refractivity contribution in [2.45, 2.75) is 6.10 Å². The van der Waals surface area contributed by atoms with Crippen molar-refractivity contribution in [1.82, 2.24) is 0 Å². The Labute approximate surface area is 72.8 Å². The minimum Gasteiger partial charge on any atom is -0.372 e. The Bertz CT molecular complexity index is 243. The van der Waals surface area contributed by atoms with E-state index in [0.717, 1.165) is 13.2 Å². The zero-order valence-corrected chi connectivity index (χ0v) is 7.23. The largest absolute Gasteiger partial charge is 0.372 e. The summed E-state index contributed by atoms with van der Waals surface area (Å²) in [5, 5.41) is 0. The summed E-state index contributed by atoms with van der Waals surface area (Å²) >= 11 is 0. The molecule has 0 aliphatic carbocycles. The first kappa shape index (κ1) is 7.62. The van der Waals surface area contributed by atoms with Crippen LogP contribution in [0.1, 0.15) is 0 Å². The quantitative estimate of drug-likeness (QED) is 0.628. The van der Waals surface area contributed by atoms with E-state index in [0.29, 0.717) is 6.10 Å². The van der Waals surface area contributed by atoms with E-state index in [1.165, 1.54) is 5.69 Å². The van der Waals surface area contributed by atoms with Crippen LogP contribution in [0.15, 0.2) is 30.3 Å². The molecule has 1 aliphatic rings. The molecule has 0 aromatic heterocycles. The highest BCUT2D eigenvalue weighted by atomic mass is 16.6. The molecule has 1 aromatic carbocycles. The number of rotatable bonds is 3. The molecule has 1 heterocycles. The van der Waals surface area contributed by atoms with Crippen molar-refractivity contribution in [2.75, 3.05) is 25.1 Å². The van der Waals surface area contributed by atoms with Crippen molar-refractivity contribution >= 4 is 5.69 Å². The molecule has 0 saturated carbocycles. The molecular weight excluding hydrogens is 150 g/mol. The minimum absolute atomic E-state index is 0.468. The maximum Gasteiger partial charge on any atom is 0.0984 e. The Morgan fingerprint density at radius 1 is 1.42 bits per heavy atom. The van der Waals surface area contributed by atoms with E-state index in [1.54, 1.807) is 0 Å². The van der Waals surface area contributed by atoms with E-state index < -0.39 is 0 Å². The molecule has 1 aromatic rings. The van der Waals surface area contributed by atoms with Gasteiger partial charge in [0.15, 0.2) is 0 Å². The molecule has 0 radical (unpaired) electrons. The number of likely N-dealkylation sites (N-methyl/N-ethyl adjacent to an activating group) is 1. The Morgan fingerprint density at radius 2 is 2.08 bits per heavy atom. The highest BCUT2D eigenvalue weighted by Gasteiger charge is 2.23. The van der Waals surface area contributed by atoms with E-state index >= 15 is 0 Å². The zero-order chi connectivity index (χ0) is 8.39. The third-order valence-corrected chi connectivity index (χ3v) is 2.08. The number of anilines is 1. The molecule has 64 valence electrons. The first-order chi connectivity index (χ1) is 5.86. The lowest BCUT2D eigenvalue weighted by atomic mass is 10.3. The molecule has 1 aliphatic heterocycles. The van der Waals surface area contributed by atoms with Gasteiger partial charge in [0.1, 0.15) is 0 Å². The fourth-order valence-corrected chi connectivity index (χ4v) is 1.27. The maximum atomic E-state index is 5.16. The van der Waals surface area contributed by atoms with E-state index in [2.05, 4.69) is 36.2 Å². The predicted octanol–water partition coefficient (Wildman–Crippen LogP) is 1.52. The van der Waals surface area contributed by atoms with Crippen LogP contribution in [0.4, 0.5) is 5.69 Å². The SMILES string of the molecule is CN(C[C@@H]1CO1)c1ccccc1. The van der Waals surface area contributed by atoms with Gasteiger partial charge in [0.05, 0.1) is 12.7 Å². The van der Waals surface area contributed by atoms with Crippen molar-refractivity contribution in [3.05, 3.63) is 30.3 Å². The normalized spacial score (nSPS) is 20.6.